The van der Waals surface area contributed by atoms with E-state index in [0.29, 0.717) is 13.2 Å². The molecule has 0 aliphatic heterocycles. The molecule has 0 saturated carbocycles. The van der Waals surface area contributed by atoms with Gasteiger partial charge >= 0.3 is 0 Å². The lowest BCUT2D eigenvalue weighted by molar-refractivity contribution is 0.0644. The summed E-state index contributed by atoms with van der Waals surface area (Å²) < 4.78 is 4.86. The lowest BCUT2D eigenvalue weighted by Gasteiger charge is -2.10. The Morgan fingerprint density at radius 3 is 3.12 bits per heavy atom. The minimum atomic E-state index is -0.450. The summed E-state index contributed by atoms with van der Waals surface area (Å²) in [6.07, 6.45) is 1.48. The largest absolute Gasteiger partial charge is 0.389 e. The number of aliphatic hydroxyl groups is 1. The number of methoxy groups -OCH3 is 1. The van der Waals surface area contributed by atoms with Crippen molar-refractivity contribution >= 4 is 10.9 Å². The van der Waals surface area contributed by atoms with Crippen LogP contribution >= 0.6 is 0 Å². The van der Waals surface area contributed by atoms with Gasteiger partial charge in [-0.1, -0.05) is 12.1 Å². The molecule has 3 N–H and O–H groups in total. The van der Waals surface area contributed by atoms with Crippen molar-refractivity contribution in [2.45, 2.75) is 12.6 Å². The van der Waals surface area contributed by atoms with E-state index >= 15 is 0 Å². The fraction of sp³-hybridized carbons (Fsp3) is 0.385. The number of H-pyrrole nitrogens is 1. The smallest absolute Gasteiger partial charge is 0.0897 e. The summed E-state index contributed by atoms with van der Waals surface area (Å²) in [5.74, 6) is 0. The van der Waals surface area contributed by atoms with Crippen LogP contribution < -0.4 is 5.32 Å². The number of hydrogen-bond donors (Lipinski definition) is 3. The van der Waals surface area contributed by atoms with E-state index < -0.39 is 6.10 Å². The Hall–Kier alpha value is -1.36. The number of ether oxygens (including phenoxy) is 1. The van der Waals surface area contributed by atoms with E-state index in [2.05, 4.69) is 34.6 Å². The summed E-state index contributed by atoms with van der Waals surface area (Å²) in [6.45, 7) is 1.65. The van der Waals surface area contributed by atoms with Crippen molar-refractivity contribution in [2.75, 3.05) is 20.3 Å². The van der Waals surface area contributed by atoms with Gasteiger partial charge in [-0.3, -0.25) is 0 Å². The molecule has 0 amide bonds. The number of nitrogens with one attached hydrogen (secondary N) is 2. The summed E-state index contributed by atoms with van der Waals surface area (Å²) in [4.78, 5) is 3.18. The minimum absolute atomic E-state index is 0.364. The predicted molar refractivity (Wildman–Crippen MR) is 67.9 cm³/mol. The number of rotatable bonds is 6. The second-order valence-corrected chi connectivity index (χ2v) is 4.14. The van der Waals surface area contributed by atoms with E-state index in [4.69, 9.17) is 4.74 Å². The van der Waals surface area contributed by atoms with Gasteiger partial charge in [-0.15, -0.1) is 0 Å². The molecule has 1 atom stereocenters. The van der Waals surface area contributed by atoms with Crippen LogP contribution in [0.1, 0.15) is 5.56 Å². The summed E-state index contributed by atoms with van der Waals surface area (Å²) in [7, 11) is 1.59. The maximum atomic E-state index is 9.47. The molecule has 1 heterocycles. The van der Waals surface area contributed by atoms with Crippen LogP contribution in [-0.4, -0.2) is 36.5 Å². The van der Waals surface area contributed by atoms with E-state index in [9.17, 15) is 5.11 Å². The van der Waals surface area contributed by atoms with Crippen LogP contribution in [0.3, 0.4) is 0 Å². The van der Waals surface area contributed by atoms with Crippen LogP contribution in [0.15, 0.2) is 30.5 Å². The first kappa shape index (κ1) is 12.1. The standard InChI is InChI=1S/C13H18N2O2/c1-17-9-12(16)8-14-7-10-2-3-11-4-5-15-13(11)6-10/h2-6,12,14-16H,7-9H2,1H3. The number of aromatic nitrogens is 1. The zero-order chi connectivity index (χ0) is 12.1. The zero-order valence-electron chi connectivity index (χ0n) is 9.94. The fourth-order valence-corrected chi connectivity index (χ4v) is 1.84. The first-order valence-electron chi connectivity index (χ1n) is 5.73. The third-order valence-corrected chi connectivity index (χ3v) is 2.69. The van der Waals surface area contributed by atoms with Crippen molar-refractivity contribution in [3.05, 3.63) is 36.0 Å². The molecule has 4 heteroatoms. The Balaban J connectivity index is 1.86. The van der Waals surface area contributed by atoms with Gasteiger partial charge in [0.25, 0.3) is 0 Å². The fourth-order valence-electron chi connectivity index (χ4n) is 1.84. The van der Waals surface area contributed by atoms with Gasteiger partial charge in [0.2, 0.25) is 0 Å². The molecule has 1 aromatic heterocycles. The van der Waals surface area contributed by atoms with Crippen molar-refractivity contribution in [1.29, 1.82) is 0 Å². The molecule has 2 aromatic rings. The Kier molecular flexibility index (Phi) is 4.14. The van der Waals surface area contributed by atoms with Gasteiger partial charge in [0.05, 0.1) is 12.7 Å². The van der Waals surface area contributed by atoms with Crippen LogP contribution in [-0.2, 0) is 11.3 Å². The highest BCUT2D eigenvalue weighted by Gasteiger charge is 2.02. The predicted octanol–water partition coefficient (Wildman–Crippen LogP) is 1.26. The first-order chi connectivity index (χ1) is 8.29. The molecule has 0 aliphatic carbocycles. The molecule has 0 saturated heterocycles. The van der Waals surface area contributed by atoms with Crippen LogP contribution in [0.5, 0.6) is 0 Å². The van der Waals surface area contributed by atoms with E-state index in [-0.39, 0.29) is 0 Å². The van der Waals surface area contributed by atoms with Crippen molar-refractivity contribution < 1.29 is 9.84 Å². The van der Waals surface area contributed by atoms with Crippen molar-refractivity contribution in [2.24, 2.45) is 0 Å². The Bertz CT molecular complexity index is 467. The van der Waals surface area contributed by atoms with Gasteiger partial charge < -0.3 is 20.1 Å². The highest BCUT2D eigenvalue weighted by atomic mass is 16.5. The van der Waals surface area contributed by atoms with E-state index in [1.54, 1.807) is 7.11 Å². The number of benzene rings is 1. The second kappa shape index (κ2) is 5.82. The maximum absolute atomic E-state index is 9.47. The molecule has 0 bridgehead atoms. The average molecular weight is 234 g/mol. The van der Waals surface area contributed by atoms with Crippen molar-refractivity contribution in [3.8, 4) is 0 Å². The summed E-state index contributed by atoms with van der Waals surface area (Å²) in [5.41, 5.74) is 2.34. The zero-order valence-corrected chi connectivity index (χ0v) is 9.94. The Labute approximate surface area is 101 Å². The SMILES string of the molecule is COCC(O)CNCc1ccc2cc[nH]c2c1. The monoisotopic (exact) mass is 234 g/mol. The van der Waals surface area contributed by atoms with Crippen molar-refractivity contribution in [3.63, 3.8) is 0 Å². The van der Waals surface area contributed by atoms with Crippen LogP contribution in [0.2, 0.25) is 0 Å². The maximum Gasteiger partial charge on any atom is 0.0897 e. The molecule has 0 fully saturated rings. The highest BCUT2D eigenvalue weighted by molar-refractivity contribution is 5.79. The topological polar surface area (TPSA) is 57.3 Å². The third kappa shape index (κ3) is 3.30. The Morgan fingerprint density at radius 1 is 1.41 bits per heavy atom. The van der Waals surface area contributed by atoms with Crippen LogP contribution in [0, 0.1) is 0 Å². The summed E-state index contributed by atoms with van der Waals surface area (Å²) in [5, 5.41) is 13.9. The van der Waals surface area contributed by atoms with Crippen molar-refractivity contribution in [1.82, 2.24) is 10.3 Å². The molecule has 0 aliphatic rings. The summed E-state index contributed by atoms with van der Waals surface area (Å²) >= 11 is 0. The van der Waals surface area contributed by atoms with Gasteiger partial charge in [-0.25, -0.2) is 0 Å². The number of fused-ring (bicyclic) bond motifs is 1. The summed E-state index contributed by atoms with van der Waals surface area (Å²) in [6, 6.07) is 8.35. The lowest BCUT2D eigenvalue weighted by atomic mass is 10.1. The van der Waals surface area contributed by atoms with Gasteiger partial charge in [0.15, 0.2) is 0 Å². The average Bonchev–Trinajstić information content (AvgIpc) is 2.76. The second-order valence-electron chi connectivity index (χ2n) is 4.14. The van der Waals surface area contributed by atoms with Gasteiger partial charge in [0.1, 0.15) is 0 Å². The first-order valence-corrected chi connectivity index (χ1v) is 5.73. The molecular weight excluding hydrogens is 216 g/mol. The lowest BCUT2D eigenvalue weighted by Crippen LogP contribution is -2.29. The van der Waals surface area contributed by atoms with Crippen LogP contribution in [0.4, 0.5) is 0 Å². The molecule has 2 rings (SSSR count). The molecule has 1 unspecified atom stereocenters. The molecule has 0 spiro atoms. The van der Waals surface area contributed by atoms with E-state index in [1.165, 1.54) is 10.9 Å². The van der Waals surface area contributed by atoms with Gasteiger partial charge in [0, 0.05) is 31.9 Å². The van der Waals surface area contributed by atoms with Gasteiger partial charge in [-0.2, -0.15) is 0 Å². The number of aliphatic hydroxyl groups excluding tert-OH is 1. The van der Waals surface area contributed by atoms with E-state index in [1.807, 2.05) is 6.20 Å². The third-order valence-electron chi connectivity index (χ3n) is 2.69. The molecule has 92 valence electrons. The van der Waals surface area contributed by atoms with Gasteiger partial charge in [-0.05, 0) is 23.1 Å². The normalized spacial score (nSPS) is 13.1. The number of aromatic amines is 1. The minimum Gasteiger partial charge on any atom is -0.389 e. The molecular formula is C13H18N2O2. The molecule has 4 nitrogen and oxygen atoms in total. The van der Waals surface area contributed by atoms with E-state index in [0.717, 1.165) is 12.1 Å². The number of hydrogen-bond acceptors (Lipinski definition) is 3. The molecule has 1 aromatic carbocycles. The molecule has 0 radical (unpaired) electrons. The Morgan fingerprint density at radius 2 is 2.29 bits per heavy atom. The molecule has 17 heavy (non-hydrogen) atoms. The highest BCUT2D eigenvalue weighted by Crippen LogP contribution is 2.13. The quantitative estimate of drug-likeness (QED) is 0.705. The van der Waals surface area contributed by atoms with Crippen LogP contribution in [0.25, 0.3) is 10.9 Å².